The zero-order valence-electron chi connectivity index (χ0n) is 26.5. The van der Waals surface area contributed by atoms with E-state index in [2.05, 4.69) is 25.7 Å². The van der Waals surface area contributed by atoms with Crippen molar-refractivity contribution in [2.24, 2.45) is 11.8 Å². The molecular formula is C31H32F2N6O7S3. The molecule has 7 rings (SSSR count). The summed E-state index contributed by atoms with van der Waals surface area (Å²) < 4.78 is 67.6. The molecular weight excluding hydrogens is 703 g/mol. The third-order valence-electron chi connectivity index (χ3n) is 8.12. The van der Waals surface area contributed by atoms with E-state index in [-0.39, 0.29) is 41.6 Å². The lowest BCUT2D eigenvalue weighted by Gasteiger charge is -2.20. The molecule has 2 amide bonds. The SMILES string of the molecule is C[C@@H](Oc1cc(-c2cnn(C(F)F)c2)cc2ncsc12)[C@H]1CNC(=O)C1.C[C@@H](Oc1cc(OS(C)(=O)=O)cc2ncsc12)[C@H]1CNC(=O)C1. The number of thiazole rings is 2. The standard InChI is InChI=1S/C17H16F2N4O2S.C14H16N2O5S2/c1-9(11-4-15(24)20-5-11)25-14-3-10(2-13-16(14)26-8-21-13)12-6-22-23(7-12)17(18)19;1-8(9-3-13(17)15-6-9)20-12-5-10(21-23(2,18)19)4-11-14(12)22-7-16-11/h2-3,6-9,11,17H,4-5H2,1H3,(H,20,24);4-5,7-9H,3,6H2,1-2H3,(H,15,17)/t9-,11-;8-,9-/m11/s1. The number of nitrogens with zero attached hydrogens (tertiary/aromatic N) is 4. The maximum atomic E-state index is 12.8. The van der Waals surface area contributed by atoms with E-state index >= 15 is 0 Å². The van der Waals surface area contributed by atoms with Gasteiger partial charge in [0.05, 0.1) is 43.9 Å². The third-order valence-corrected chi connectivity index (χ3v) is 10.3. The predicted molar refractivity (Wildman–Crippen MR) is 180 cm³/mol. The number of carbonyl (C=O) groups excluding carboxylic acids is 2. The maximum Gasteiger partial charge on any atom is 0.333 e. The number of alkyl halides is 2. The monoisotopic (exact) mass is 734 g/mol. The predicted octanol–water partition coefficient (Wildman–Crippen LogP) is 5.00. The van der Waals surface area contributed by atoms with E-state index in [0.717, 1.165) is 21.2 Å². The number of hydrogen-bond acceptors (Lipinski definition) is 12. The summed E-state index contributed by atoms with van der Waals surface area (Å²) in [6, 6.07) is 6.75. The lowest BCUT2D eigenvalue weighted by molar-refractivity contribution is -0.120. The van der Waals surface area contributed by atoms with Gasteiger partial charge in [-0.25, -0.2) is 14.6 Å². The van der Waals surface area contributed by atoms with Gasteiger partial charge in [-0.2, -0.15) is 22.3 Å². The third kappa shape index (κ3) is 8.25. The van der Waals surface area contributed by atoms with E-state index in [0.29, 0.717) is 58.8 Å². The molecule has 3 aromatic heterocycles. The largest absolute Gasteiger partial charge is 0.489 e. The van der Waals surface area contributed by atoms with Crippen molar-refractivity contribution in [3.05, 3.63) is 47.7 Å². The first kappa shape index (κ1) is 34.4. The van der Waals surface area contributed by atoms with Gasteiger partial charge in [-0.3, -0.25) is 9.59 Å². The number of rotatable bonds is 10. The van der Waals surface area contributed by atoms with Crippen LogP contribution in [0.5, 0.6) is 17.2 Å². The quantitative estimate of drug-likeness (QED) is 0.187. The van der Waals surface area contributed by atoms with Crippen LogP contribution in [0.2, 0.25) is 0 Å². The highest BCUT2D eigenvalue weighted by Crippen LogP contribution is 2.37. The Labute approximate surface area is 287 Å². The van der Waals surface area contributed by atoms with Crippen LogP contribution in [0.25, 0.3) is 31.6 Å². The molecule has 0 bridgehead atoms. The van der Waals surface area contributed by atoms with Crippen molar-refractivity contribution in [1.29, 1.82) is 0 Å². The normalized spacial score (nSPS) is 19.0. The fraction of sp³-hybridized carbons (Fsp3) is 0.387. The number of benzene rings is 2. The molecule has 0 radical (unpaired) electrons. The van der Waals surface area contributed by atoms with Gasteiger partial charge in [0.25, 0.3) is 0 Å². The van der Waals surface area contributed by atoms with Crippen LogP contribution in [-0.2, 0) is 19.7 Å². The minimum absolute atomic E-state index is 0.0162. The summed E-state index contributed by atoms with van der Waals surface area (Å²) in [4.78, 5) is 31.3. The molecule has 0 saturated carbocycles. The van der Waals surface area contributed by atoms with E-state index < -0.39 is 16.7 Å². The van der Waals surface area contributed by atoms with Crippen molar-refractivity contribution in [2.75, 3.05) is 19.3 Å². The van der Waals surface area contributed by atoms with Crippen molar-refractivity contribution < 1.29 is 40.4 Å². The van der Waals surface area contributed by atoms with Gasteiger partial charge in [0.15, 0.2) is 0 Å². The topological polar surface area (TPSA) is 164 Å². The van der Waals surface area contributed by atoms with Crippen molar-refractivity contribution in [1.82, 2.24) is 30.4 Å². The van der Waals surface area contributed by atoms with Crippen molar-refractivity contribution in [3.8, 4) is 28.4 Å². The molecule has 0 spiro atoms. The second kappa shape index (κ2) is 14.2. The lowest BCUT2D eigenvalue weighted by atomic mass is 10.0. The molecule has 13 nitrogen and oxygen atoms in total. The fourth-order valence-corrected chi connectivity index (χ4v) is 7.42. The van der Waals surface area contributed by atoms with Crippen LogP contribution in [-0.4, -0.2) is 71.5 Å². The molecule has 260 valence electrons. The molecule has 2 saturated heterocycles. The Morgan fingerprint density at radius 1 is 0.857 bits per heavy atom. The van der Waals surface area contributed by atoms with Crippen molar-refractivity contribution >= 4 is 65.0 Å². The van der Waals surface area contributed by atoms with Crippen LogP contribution < -0.4 is 24.3 Å². The number of fused-ring (bicyclic) bond motifs is 2. The Balaban J connectivity index is 0.000000171. The van der Waals surface area contributed by atoms with Crippen LogP contribution >= 0.6 is 22.7 Å². The second-order valence-corrected chi connectivity index (χ2v) is 15.0. The molecule has 5 aromatic rings. The lowest BCUT2D eigenvalue weighted by Crippen LogP contribution is -2.25. The van der Waals surface area contributed by atoms with E-state index in [1.54, 1.807) is 23.2 Å². The Bertz CT molecular complexity index is 2100. The molecule has 5 heterocycles. The fourth-order valence-electron chi connectivity index (χ4n) is 5.52. The van der Waals surface area contributed by atoms with Crippen LogP contribution in [0.3, 0.4) is 0 Å². The molecule has 0 aliphatic carbocycles. The number of carbonyl (C=O) groups is 2. The van der Waals surface area contributed by atoms with E-state index in [1.807, 2.05) is 26.0 Å². The van der Waals surface area contributed by atoms with E-state index in [9.17, 15) is 26.8 Å². The number of nitrogens with one attached hydrogen (secondary N) is 2. The average molecular weight is 735 g/mol. The summed E-state index contributed by atoms with van der Waals surface area (Å²) in [6.45, 7) is 2.30. The number of ether oxygens (including phenoxy) is 2. The molecule has 2 fully saturated rings. The highest BCUT2D eigenvalue weighted by molar-refractivity contribution is 7.86. The zero-order chi connectivity index (χ0) is 34.9. The highest BCUT2D eigenvalue weighted by Gasteiger charge is 2.30. The summed E-state index contributed by atoms with van der Waals surface area (Å²) in [5.74, 6) is 1.52. The minimum Gasteiger partial charge on any atom is -0.489 e. The second-order valence-electron chi connectivity index (χ2n) is 11.8. The number of hydrogen-bond donors (Lipinski definition) is 2. The number of aromatic nitrogens is 4. The van der Waals surface area contributed by atoms with Gasteiger partial charge in [0.2, 0.25) is 11.8 Å². The Hall–Kier alpha value is -4.42. The summed E-state index contributed by atoms with van der Waals surface area (Å²) >= 11 is 2.86. The van der Waals surface area contributed by atoms with Gasteiger partial charge < -0.3 is 24.3 Å². The summed E-state index contributed by atoms with van der Waals surface area (Å²) in [5, 5.41) is 9.27. The van der Waals surface area contributed by atoms with Gasteiger partial charge in [-0.1, -0.05) is 0 Å². The molecule has 2 aliphatic heterocycles. The van der Waals surface area contributed by atoms with Crippen molar-refractivity contribution in [2.45, 2.75) is 45.4 Å². The molecule has 2 aliphatic rings. The van der Waals surface area contributed by atoms with Gasteiger partial charge in [-0.05, 0) is 31.5 Å². The zero-order valence-corrected chi connectivity index (χ0v) is 28.9. The molecule has 18 heteroatoms. The van der Waals surface area contributed by atoms with Crippen molar-refractivity contribution in [3.63, 3.8) is 0 Å². The molecule has 0 unspecified atom stereocenters. The molecule has 2 N–H and O–H groups in total. The van der Waals surface area contributed by atoms with E-state index in [1.165, 1.54) is 35.1 Å². The summed E-state index contributed by atoms with van der Waals surface area (Å²) in [5.41, 5.74) is 6.00. The number of halogens is 2. The first-order chi connectivity index (χ1) is 23.3. The van der Waals surface area contributed by atoms with Crippen LogP contribution in [0.4, 0.5) is 8.78 Å². The Kier molecular flexibility index (Phi) is 9.99. The minimum atomic E-state index is -3.63. The highest BCUT2D eigenvalue weighted by atomic mass is 32.2. The van der Waals surface area contributed by atoms with Gasteiger partial charge in [0.1, 0.15) is 29.5 Å². The first-order valence-corrected chi connectivity index (χ1v) is 18.7. The van der Waals surface area contributed by atoms with Crippen LogP contribution in [0.1, 0.15) is 33.2 Å². The molecule has 2 aromatic carbocycles. The summed E-state index contributed by atoms with van der Waals surface area (Å²) in [6.07, 6.45) is 4.17. The number of amides is 2. The van der Waals surface area contributed by atoms with Gasteiger partial charge >= 0.3 is 16.7 Å². The van der Waals surface area contributed by atoms with Crippen LogP contribution in [0, 0.1) is 11.8 Å². The average Bonchev–Trinajstić information content (AvgIpc) is 3.86. The van der Waals surface area contributed by atoms with E-state index in [4.69, 9.17) is 13.7 Å². The van der Waals surface area contributed by atoms with Gasteiger partial charge in [-0.15, -0.1) is 22.7 Å². The van der Waals surface area contributed by atoms with Gasteiger partial charge in [0, 0.05) is 61.7 Å². The molecule has 4 atom stereocenters. The summed E-state index contributed by atoms with van der Waals surface area (Å²) in [7, 11) is -3.63. The van der Waals surface area contributed by atoms with Crippen LogP contribution in [0.15, 0.2) is 47.7 Å². The smallest absolute Gasteiger partial charge is 0.333 e. The Morgan fingerprint density at radius 3 is 1.90 bits per heavy atom. The molecule has 49 heavy (non-hydrogen) atoms. The first-order valence-electron chi connectivity index (χ1n) is 15.2. The Morgan fingerprint density at radius 2 is 1.41 bits per heavy atom. The maximum absolute atomic E-state index is 12.8.